The maximum absolute atomic E-state index is 11.5. The molecule has 1 aliphatic carbocycles. The lowest BCUT2D eigenvalue weighted by atomic mass is 9.89. The van der Waals surface area contributed by atoms with Crippen molar-refractivity contribution < 1.29 is 19.4 Å². The Bertz CT molecular complexity index is 505. The Hall–Kier alpha value is -1.71. The van der Waals surface area contributed by atoms with Gasteiger partial charge in [0.2, 0.25) is 0 Å². The van der Waals surface area contributed by atoms with Crippen LogP contribution in [-0.2, 0) is 16.0 Å². The van der Waals surface area contributed by atoms with Gasteiger partial charge in [0.25, 0.3) is 0 Å². The van der Waals surface area contributed by atoms with Crippen molar-refractivity contribution in [1.29, 1.82) is 0 Å². The summed E-state index contributed by atoms with van der Waals surface area (Å²) in [5.74, 6) is 1.31. The maximum Gasteiger partial charge on any atom is 0.306 e. The molecular formula is C15H18O4. The summed E-state index contributed by atoms with van der Waals surface area (Å²) in [6.45, 7) is 0.622. The van der Waals surface area contributed by atoms with Crippen LogP contribution in [0.1, 0.15) is 36.3 Å². The highest BCUT2D eigenvalue weighted by Crippen LogP contribution is 2.47. The normalized spacial score (nSPS) is 18.6. The molecule has 1 aromatic carbocycles. The molecule has 0 spiro atoms. The summed E-state index contributed by atoms with van der Waals surface area (Å²) in [6, 6.07) is 3.82. The van der Waals surface area contributed by atoms with Gasteiger partial charge in [0.15, 0.2) is 11.5 Å². The number of phenols is 1. The number of benzene rings is 1. The van der Waals surface area contributed by atoms with Crippen LogP contribution in [0.2, 0.25) is 0 Å². The molecule has 3 rings (SSSR count). The fraction of sp³-hybridized carbons (Fsp3) is 0.533. The van der Waals surface area contributed by atoms with E-state index in [-0.39, 0.29) is 17.6 Å². The Morgan fingerprint density at radius 2 is 2.32 bits per heavy atom. The van der Waals surface area contributed by atoms with Gasteiger partial charge in [-0.05, 0) is 36.3 Å². The summed E-state index contributed by atoms with van der Waals surface area (Å²) in [6.07, 6.45) is 3.51. The molecule has 1 fully saturated rings. The Balaban J connectivity index is 1.90. The number of phenolic OH excluding ortho intramolecular Hbond substituents is 1. The van der Waals surface area contributed by atoms with E-state index in [1.54, 1.807) is 6.07 Å². The largest absolute Gasteiger partial charge is 0.504 e. The second kappa shape index (κ2) is 4.76. The fourth-order valence-electron chi connectivity index (χ4n) is 2.84. The first-order valence-electron chi connectivity index (χ1n) is 6.74. The van der Waals surface area contributed by atoms with E-state index in [0.717, 1.165) is 30.4 Å². The molecule has 0 saturated heterocycles. The molecule has 19 heavy (non-hydrogen) atoms. The van der Waals surface area contributed by atoms with E-state index in [1.807, 2.05) is 0 Å². The molecule has 1 aromatic rings. The number of carbonyl (C=O) groups is 1. The van der Waals surface area contributed by atoms with Crippen molar-refractivity contribution in [2.75, 3.05) is 13.7 Å². The van der Waals surface area contributed by atoms with Crippen molar-refractivity contribution in [3.05, 3.63) is 23.3 Å². The second-order valence-electron chi connectivity index (χ2n) is 5.35. The zero-order valence-electron chi connectivity index (χ0n) is 11.0. The van der Waals surface area contributed by atoms with Crippen molar-refractivity contribution >= 4 is 5.97 Å². The molecule has 4 heteroatoms. The molecule has 4 nitrogen and oxygen atoms in total. The first-order chi connectivity index (χ1) is 9.19. The van der Waals surface area contributed by atoms with E-state index < -0.39 is 0 Å². The first kappa shape index (κ1) is 12.3. The minimum Gasteiger partial charge on any atom is -0.504 e. The van der Waals surface area contributed by atoms with Crippen LogP contribution < -0.4 is 4.74 Å². The van der Waals surface area contributed by atoms with Crippen LogP contribution in [0.5, 0.6) is 11.5 Å². The Morgan fingerprint density at radius 1 is 1.53 bits per heavy atom. The van der Waals surface area contributed by atoms with Gasteiger partial charge in [0.1, 0.15) is 0 Å². The van der Waals surface area contributed by atoms with Gasteiger partial charge in [-0.15, -0.1) is 0 Å². The highest BCUT2D eigenvalue weighted by atomic mass is 16.5. The number of rotatable bonds is 4. The Morgan fingerprint density at radius 3 is 3.00 bits per heavy atom. The maximum atomic E-state index is 11.5. The molecule has 1 unspecified atom stereocenters. The van der Waals surface area contributed by atoms with Gasteiger partial charge in [0, 0.05) is 12.0 Å². The lowest BCUT2D eigenvalue weighted by molar-refractivity contribution is -0.141. The molecule has 0 amide bonds. The highest BCUT2D eigenvalue weighted by molar-refractivity contribution is 5.70. The summed E-state index contributed by atoms with van der Waals surface area (Å²) < 4.78 is 10.2. The van der Waals surface area contributed by atoms with E-state index in [0.29, 0.717) is 24.7 Å². The lowest BCUT2D eigenvalue weighted by Crippen LogP contribution is -2.10. The summed E-state index contributed by atoms with van der Waals surface area (Å²) in [7, 11) is 1.42. The average molecular weight is 262 g/mol. The van der Waals surface area contributed by atoms with Crippen molar-refractivity contribution in [2.24, 2.45) is 5.92 Å². The molecule has 0 radical (unpaired) electrons. The molecule has 1 saturated carbocycles. The van der Waals surface area contributed by atoms with Crippen molar-refractivity contribution in [3.8, 4) is 11.5 Å². The van der Waals surface area contributed by atoms with Gasteiger partial charge in [-0.2, -0.15) is 0 Å². The molecule has 0 aromatic heterocycles. The number of ether oxygens (including phenoxy) is 2. The molecule has 1 heterocycles. The SMILES string of the molecule is COC(=O)CC(c1cc(O)c2c(c1)CCO2)C1CC1. The third kappa shape index (κ3) is 2.39. The van der Waals surface area contributed by atoms with Crippen LogP contribution >= 0.6 is 0 Å². The zero-order valence-corrected chi connectivity index (χ0v) is 11.0. The van der Waals surface area contributed by atoms with Crippen LogP contribution in [-0.4, -0.2) is 24.8 Å². The second-order valence-corrected chi connectivity index (χ2v) is 5.35. The van der Waals surface area contributed by atoms with Gasteiger partial charge in [-0.1, -0.05) is 6.07 Å². The quantitative estimate of drug-likeness (QED) is 0.846. The number of methoxy groups -OCH3 is 1. The predicted octanol–water partition coefficient (Wildman–Crippen LogP) is 2.38. The van der Waals surface area contributed by atoms with Crippen LogP contribution in [0.25, 0.3) is 0 Å². The third-order valence-electron chi connectivity index (χ3n) is 4.02. The van der Waals surface area contributed by atoms with E-state index in [9.17, 15) is 9.90 Å². The molecule has 2 aliphatic rings. The minimum absolute atomic E-state index is 0.157. The number of aromatic hydroxyl groups is 1. The van der Waals surface area contributed by atoms with Crippen molar-refractivity contribution in [3.63, 3.8) is 0 Å². The lowest BCUT2D eigenvalue weighted by Gasteiger charge is -2.17. The number of fused-ring (bicyclic) bond motifs is 1. The van der Waals surface area contributed by atoms with Gasteiger partial charge < -0.3 is 14.6 Å². The average Bonchev–Trinajstić information content (AvgIpc) is 3.12. The summed E-state index contributed by atoms with van der Waals surface area (Å²) in [4.78, 5) is 11.5. The van der Waals surface area contributed by atoms with Crippen LogP contribution in [0.3, 0.4) is 0 Å². The molecule has 102 valence electrons. The summed E-state index contributed by atoms with van der Waals surface area (Å²) >= 11 is 0. The van der Waals surface area contributed by atoms with Crippen LogP contribution in [0.15, 0.2) is 12.1 Å². The van der Waals surface area contributed by atoms with Gasteiger partial charge in [-0.3, -0.25) is 4.79 Å². The van der Waals surface area contributed by atoms with Crippen molar-refractivity contribution in [2.45, 2.75) is 31.6 Å². The predicted molar refractivity (Wildman–Crippen MR) is 69.4 cm³/mol. The summed E-state index contributed by atoms with van der Waals surface area (Å²) in [5, 5.41) is 10.0. The number of carbonyl (C=O) groups excluding carboxylic acids is 1. The van der Waals surface area contributed by atoms with E-state index in [4.69, 9.17) is 9.47 Å². The third-order valence-corrected chi connectivity index (χ3v) is 4.02. The monoisotopic (exact) mass is 262 g/mol. The molecule has 0 bridgehead atoms. The molecular weight excluding hydrogens is 244 g/mol. The van der Waals surface area contributed by atoms with E-state index >= 15 is 0 Å². The highest BCUT2D eigenvalue weighted by Gasteiger charge is 2.35. The zero-order chi connectivity index (χ0) is 13.4. The van der Waals surface area contributed by atoms with Crippen LogP contribution in [0, 0.1) is 5.92 Å². The molecule has 1 atom stereocenters. The van der Waals surface area contributed by atoms with E-state index in [2.05, 4.69) is 6.07 Å². The van der Waals surface area contributed by atoms with Gasteiger partial charge in [-0.25, -0.2) is 0 Å². The first-order valence-corrected chi connectivity index (χ1v) is 6.74. The number of hydrogen-bond donors (Lipinski definition) is 1. The Kier molecular flexibility index (Phi) is 3.09. The number of esters is 1. The van der Waals surface area contributed by atoms with Crippen LogP contribution in [0.4, 0.5) is 0 Å². The molecule has 1 aliphatic heterocycles. The minimum atomic E-state index is -0.187. The van der Waals surface area contributed by atoms with Gasteiger partial charge in [0.05, 0.1) is 20.1 Å². The smallest absolute Gasteiger partial charge is 0.306 e. The molecule has 1 N–H and O–H groups in total. The topological polar surface area (TPSA) is 55.8 Å². The standard InChI is InChI=1S/C15H18O4/c1-18-14(17)8-12(9-2-3-9)11-6-10-4-5-19-15(10)13(16)7-11/h6-7,9,12,16H,2-5,8H2,1H3. The fourth-order valence-corrected chi connectivity index (χ4v) is 2.84. The Labute approximate surface area is 112 Å². The van der Waals surface area contributed by atoms with E-state index in [1.165, 1.54) is 7.11 Å². The summed E-state index contributed by atoms with van der Waals surface area (Å²) in [5.41, 5.74) is 2.08. The van der Waals surface area contributed by atoms with Gasteiger partial charge >= 0.3 is 5.97 Å². The number of hydrogen-bond acceptors (Lipinski definition) is 4. The van der Waals surface area contributed by atoms with Crippen molar-refractivity contribution in [1.82, 2.24) is 0 Å².